The predicted molar refractivity (Wildman–Crippen MR) is 89.5 cm³/mol. The molecule has 3 fully saturated rings. The minimum Gasteiger partial charge on any atom is -0.389 e. The van der Waals surface area contributed by atoms with Gasteiger partial charge >= 0.3 is 11.9 Å². The highest BCUT2D eigenvalue weighted by atomic mass is 16.6. The zero-order valence-electron chi connectivity index (χ0n) is 14.6. The molecular weight excluding hydrogens is 288 g/mol. The van der Waals surface area contributed by atoms with E-state index in [1.807, 2.05) is 6.08 Å². The quantitative estimate of drug-likeness (QED) is 0.324. The Balaban J connectivity index is 1.84. The van der Waals surface area contributed by atoms with Gasteiger partial charge in [0, 0.05) is 5.57 Å². The lowest BCUT2D eigenvalue weighted by atomic mass is 9.47. The Labute approximate surface area is 139 Å². The molecule has 126 valence electrons. The van der Waals surface area contributed by atoms with Crippen molar-refractivity contribution in [3.05, 3.63) is 23.8 Å². The van der Waals surface area contributed by atoms with Crippen LogP contribution in [0.4, 0.5) is 0 Å². The third-order valence-corrected chi connectivity index (χ3v) is 6.72. The van der Waals surface area contributed by atoms with Gasteiger partial charge in [-0.25, -0.2) is 4.79 Å². The van der Waals surface area contributed by atoms with Crippen molar-refractivity contribution >= 4 is 11.9 Å². The van der Waals surface area contributed by atoms with Crippen LogP contribution in [0.1, 0.15) is 65.7 Å². The van der Waals surface area contributed by atoms with Crippen molar-refractivity contribution in [3.8, 4) is 0 Å². The molecule has 3 rings (SSSR count). The highest BCUT2D eigenvalue weighted by Crippen LogP contribution is 2.61. The van der Waals surface area contributed by atoms with Crippen LogP contribution in [-0.2, 0) is 14.3 Å². The van der Waals surface area contributed by atoms with Crippen molar-refractivity contribution in [2.24, 2.45) is 22.7 Å². The van der Waals surface area contributed by atoms with Gasteiger partial charge < -0.3 is 4.74 Å². The first-order valence-electron chi connectivity index (χ1n) is 8.86. The topological polar surface area (TPSA) is 43.4 Å². The average Bonchev–Trinajstić information content (AvgIpc) is 2.75. The third kappa shape index (κ3) is 2.79. The van der Waals surface area contributed by atoms with E-state index in [1.54, 1.807) is 0 Å². The number of allylic oxidation sites excluding steroid dienone is 2. The van der Waals surface area contributed by atoms with E-state index in [0.717, 1.165) is 12.8 Å². The summed E-state index contributed by atoms with van der Waals surface area (Å²) in [7, 11) is 0. The van der Waals surface area contributed by atoms with Crippen molar-refractivity contribution in [2.75, 3.05) is 0 Å². The number of hydrogen-bond donors (Lipinski definition) is 0. The van der Waals surface area contributed by atoms with Crippen LogP contribution in [-0.4, -0.2) is 11.9 Å². The summed E-state index contributed by atoms with van der Waals surface area (Å²) >= 11 is 0. The molecule has 0 amide bonds. The zero-order chi connectivity index (χ0) is 16.8. The molecule has 0 bridgehead atoms. The van der Waals surface area contributed by atoms with Crippen molar-refractivity contribution in [3.63, 3.8) is 0 Å². The SMILES string of the molecule is C=C1CCC2C(C)(C)CCC[C@]2(C)C1C/C=C1\CC(=O)OC1=O. The van der Waals surface area contributed by atoms with Gasteiger partial charge in [-0.2, -0.15) is 0 Å². The van der Waals surface area contributed by atoms with Gasteiger partial charge in [0.15, 0.2) is 0 Å². The maximum absolute atomic E-state index is 11.7. The Kier molecular flexibility index (Phi) is 4.02. The minimum atomic E-state index is -0.456. The lowest BCUT2D eigenvalue weighted by Gasteiger charge is -2.58. The molecule has 0 spiro atoms. The molecule has 1 heterocycles. The van der Waals surface area contributed by atoms with E-state index in [-0.39, 0.29) is 11.8 Å². The molecular formula is C20H28O3. The number of carbonyl (C=O) groups excluding carboxylic acids is 2. The number of cyclic esters (lactones) is 2. The number of rotatable bonds is 2. The monoisotopic (exact) mass is 316 g/mol. The molecule has 3 atom stereocenters. The van der Waals surface area contributed by atoms with Gasteiger partial charge in [-0.3, -0.25) is 4.79 Å². The van der Waals surface area contributed by atoms with Crippen LogP contribution < -0.4 is 0 Å². The van der Waals surface area contributed by atoms with Crippen LogP contribution >= 0.6 is 0 Å². The average molecular weight is 316 g/mol. The Morgan fingerprint density at radius 3 is 2.65 bits per heavy atom. The molecule has 2 aliphatic carbocycles. The highest BCUT2D eigenvalue weighted by Gasteiger charge is 2.52. The maximum Gasteiger partial charge on any atom is 0.341 e. The summed E-state index contributed by atoms with van der Waals surface area (Å²) in [5, 5.41) is 0. The summed E-state index contributed by atoms with van der Waals surface area (Å²) in [6, 6.07) is 0. The largest absolute Gasteiger partial charge is 0.389 e. The highest BCUT2D eigenvalue weighted by molar-refractivity contribution is 6.05. The molecule has 3 heteroatoms. The second-order valence-corrected chi connectivity index (χ2v) is 8.55. The van der Waals surface area contributed by atoms with Crippen LogP contribution in [0.25, 0.3) is 0 Å². The molecule has 0 radical (unpaired) electrons. The van der Waals surface area contributed by atoms with E-state index in [0.29, 0.717) is 22.8 Å². The van der Waals surface area contributed by atoms with Gasteiger partial charge in [0.25, 0.3) is 0 Å². The normalized spacial score (nSPS) is 38.6. The van der Waals surface area contributed by atoms with E-state index >= 15 is 0 Å². The van der Waals surface area contributed by atoms with Gasteiger partial charge in [0.05, 0.1) is 6.42 Å². The van der Waals surface area contributed by atoms with E-state index in [2.05, 4.69) is 32.1 Å². The molecule has 1 saturated heterocycles. The molecule has 0 aromatic carbocycles. The van der Waals surface area contributed by atoms with E-state index < -0.39 is 11.9 Å². The summed E-state index contributed by atoms with van der Waals surface area (Å²) < 4.78 is 4.64. The lowest BCUT2D eigenvalue weighted by molar-refractivity contribution is -0.151. The zero-order valence-corrected chi connectivity index (χ0v) is 14.6. The van der Waals surface area contributed by atoms with E-state index in [9.17, 15) is 9.59 Å². The Morgan fingerprint density at radius 1 is 1.26 bits per heavy atom. The van der Waals surface area contributed by atoms with Crippen LogP contribution in [0.5, 0.6) is 0 Å². The minimum absolute atomic E-state index is 0.129. The summed E-state index contributed by atoms with van der Waals surface area (Å²) in [6.45, 7) is 11.6. The first kappa shape index (κ1) is 16.5. The van der Waals surface area contributed by atoms with Crippen molar-refractivity contribution in [1.29, 1.82) is 0 Å². The van der Waals surface area contributed by atoms with Gasteiger partial charge in [-0.05, 0) is 54.8 Å². The number of carbonyl (C=O) groups is 2. The fraction of sp³-hybridized carbons (Fsp3) is 0.700. The Hall–Kier alpha value is -1.38. The van der Waals surface area contributed by atoms with E-state index in [4.69, 9.17) is 0 Å². The molecule has 0 aromatic heterocycles. The predicted octanol–water partition coefficient (Wildman–Crippen LogP) is 4.58. The van der Waals surface area contributed by atoms with Gasteiger partial charge in [0.1, 0.15) is 0 Å². The van der Waals surface area contributed by atoms with Crippen LogP contribution in [0, 0.1) is 22.7 Å². The number of ether oxygens (including phenoxy) is 1. The summed E-state index contributed by atoms with van der Waals surface area (Å²) in [4.78, 5) is 22.9. The van der Waals surface area contributed by atoms with Gasteiger partial charge in [0.2, 0.25) is 0 Å². The molecule has 3 nitrogen and oxygen atoms in total. The molecule has 3 aliphatic rings. The van der Waals surface area contributed by atoms with Crippen LogP contribution in [0.3, 0.4) is 0 Å². The number of hydrogen-bond acceptors (Lipinski definition) is 3. The first-order chi connectivity index (χ1) is 10.7. The molecule has 0 aromatic rings. The standard InChI is InChI=1S/C20H28O3/c1-13-6-9-16-19(2,3)10-5-11-20(16,4)15(13)8-7-14-12-17(21)23-18(14)22/h7,15-16H,1,5-6,8-12H2,2-4H3/b14-7+/t15?,16?,20-/m1/s1. The number of esters is 2. The fourth-order valence-electron chi connectivity index (χ4n) is 5.56. The van der Waals surface area contributed by atoms with Gasteiger partial charge in [-0.1, -0.05) is 45.4 Å². The Bertz CT molecular complexity index is 584. The van der Waals surface area contributed by atoms with Crippen LogP contribution in [0.2, 0.25) is 0 Å². The summed E-state index contributed by atoms with van der Waals surface area (Å²) in [5.41, 5.74) is 2.47. The molecule has 23 heavy (non-hydrogen) atoms. The third-order valence-electron chi connectivity index (χ3n) is 6.72. The van der Waals surface area contributed by atoms with Crippen molar-refractivity contribution in [2.45, 2.75) is 65.7 Å². The fourth-order valence-corrected chi connectivity index (χ4v) is 5.56. The van der Waals surface area contributed by atoms with E-state index in [1.165, 1.54) is 31.3 Å². The first-order valence-corrected chi connectivity index (χ1v) is 8.86. The summed E-state index contributed by atoms with van der Waals surface area (Å²) in [5.74, 6) is 0.223. The number of fused-ring (bicyclic) bond motifs is 1. The maximum atomic E-state index is 11.7. The molecule has 2 saturated carbocycles. The molecule has 0 N–H and O–H groups in total. The summed E-state index contributed by atoms with van der Waals surface area (Å²) in [6.07, 6.45) is 8.99. The molecule has 2 unspecified atom stereocenters. The second-order valence-electron chi connectivity index (χ2n) is 8.55. The van der Waals surface area contributed by atoms with Crippen molar-refractivity contribution < 1.29 is 14.3 Å². The molecule has 1 aliphatic heterocycles. The van der Waals surface area contributed by atoms with Crippen LogP contribution in [0.15, 0.2) is 23.8 Å². The second kappa shape index (κ2) is 5.61. The Morgan fingerprint density at radius 2 is 2.00 bits per heavy atom. The lowest BCUT2D eigenvalue weighted by Crippen LogP contribution is -2.49. The van der Waals surface area contributed by atoms with Crippen molar-refractivity contribution in [1.82, 2.24) is 0 Å². The smallest absolute Gasteiger partial charge is 0.341 e. The van der Waals surface area contributed by atoms with Gasteiger partial charge in [-0.15, -0.1) is 0 Å².